The van der Waals surface area contributed by atoms with Gasteiger partial charge in [0.1, 0.15) is 12.4 Å². The number of anilines is 1. The van der Waals surface area contributed by atoms with Gasteiger partial charge in [-0.1, -0.05) is 30.3 Å². The van der Waals surface area contributed by atoms with Gasteiger partial charge in [-0.25, -0.2) is 4.98 Å². The Balaban J connectivity index is 1.50. The summed E-state index contributed by atoms with van der Waals surface area (Å²) in [6, 6.07) is 14.6. The molecule has 9 nitrogen and oxygen atoms in total. The van der Waals surface area contributed by atoms with E-state index in [0.717, 1.165) is 5.56 Å². The summed E-state index contributed by atoms with van der Waals surface area (Å²) in [6.45, 7) is 0.573. The molecule has 0 saturated heterocycles. The number of benzene rings is 2. The van der Waals surface area contributed by atoms with Crippen molar-refractivity contribution in [3.63, 3.8) is 0 Å². The average molecular weight is 395 g/mol. The smallest absolute Gasteiger partial charge is 0.296 e. The predicted octanol–water partition coefficient (Wildman–Crippen LogP) is 2.27. The van der Waals surface area contributed by atoms with Crippen LogP contribution in [0.5, 0.6) is 17.2 Å². The lowest BCUT2D eigenvalue weighted by atomic mass is 10.2. The standard InChI is InChI=1S/C20H17N3O6/c24-12-27-19-17(18(25)23-20-21-8-9-22-20)28-16-10-14(6-7-15(16)29-19)26-11-13-4-2-1-3-5-13/h1-10,12,17,19H,11H2,(H2,21,22,23,25). The summed E-state index contributed by atoms with van der Waals surface area (Å²) in [7, 11) is 0. The molecule has 0 fully saturated rings. The SMILES string of the molecule is O=COC1Oc2ccc(OCc3ccccc3)cc2OC1C(=O)Nc1ncc[nH]1. The highest BCUT2D eigenvalue weighted by Crippen LogP contribution is 2.37. The van der Waals surface area contributed by atoms with E-state index >= 15 is 0 Å². The summed E-state index contributed by atoms with van der Waals surface area (Å²) in [5.41, 5.74) is 1.01. The Labute approximate surface area is 165 Å². The van der Waals surface area contributed by atoms with Crippen molar-refractivity contribution in [2.24, 2.45) is 0 Å². The average Bonchev–Trinajstić information content (AvgIpc) is 3.25. The molecule has 1 aliphatic rings. The second-order valence-electron chi connectivity index (χ2n) is 6.07. The van der Waals surface area contributed by atoms with Crippen molar-refractivity contribution < 1.29 is 28.5 Å². The number of hydrogen-bond acceptors (Lipinski definition) is 7. The summed E-state index contributed by atoms with van der Waals surface area (Å²) < 4.78 is 22.0. The van der Waals surface area contributed by atoms with Crippen LogP contribution in [0.4, 0.5) is 5.95 Å². The van der Waals surface area contributed by atoms with E-state index in [0.29, 0.717) is 23.9 Å². The molecule has 1 aromatic heterocycles. The number of ether oxygens (including phenoxy) is 4. The maximum Gasteiger partial charge on any atom is 0.296 e. The van der Waals surface area contributed by atoms with Crippen molar-refractivity contribution in [1.29, 1.82) is 0 Å². The molecule has 29 heavy (non-hydrogen) atoms. The first-order chi connectivity index (χ1) is 14.2. The number of aromatic amines is 1. The van der Waals surface area contributed by atoms with Crippen molar-refractivity contribution in [3.05, 3.63) is 66.5 Å². The maximum atomic E-state index is 12.6. The first kappa shape index (κ1) is 18.4. The molecule has 2 unspecified atom stereocenters. The third-order valence-electron chi connectivity index (χ3n) is 4.10. The number of nitrogens with zero attached hydrogens (tertiary/aromatic N) is 1. The Hall–Kier alpha value is -4.01. The fraction of sp³-hybridized carbons (Fsp3) is 0.150. The summed E-state index contributed by atoms with van der Waals surface area (Å²) in [5, 5.41) is 2.53. The quantitative estimate of drug-likeness (QED) is 0.590. The highest BCUT2D eigenvalue weighted by Gasteiger charge is 2.39. The Morgan fingerprint density at radius 1 is 1.17 bits per heavy atom. The lowest BCUT2D eigenvalue weighted by Crippen LogP contribution is -2.49. The summed E-state index contributed by atoms with van der Waals surface area (Å²) in [6.07, 6.45) is 0.561. The van der Waals surface area contributed by atoms with Crippen molar-refractivity contribution in [3.8, 4) is 17.2 Å². The summed E-state index contributed by atoms with van der Waals surface area (Å²) in [5.74, 6) is 0.797. The normalized spacial score (nSPS) is 17.2. The molecule has 2 heterocycles. The molecular weight excluding hydrogens is 378 g/mol. The minimum Gasteiger partial charge on any atom is -0.489 e. The van der Waals surface area contributed by atoms with Crippen molar-refractivity contribution in [1.82, 2.24) is 9.97 Å². The fourth-order valence-electron chi connectivity index (χ4n) is 2.74. The molecule has 2 atom stereocenters. The lowest BCUT2D eigenvalue weighted by Gasteiger charge is -2.31. The highest BCUT2D eigenvalue weighted by atomic mass is 16.7. The van der Waals surface area contributed by atoms with Gasteiger partial charge in [-0.05, 0) is 17.7 Å². The van der Waals surface area contributed by atoms with E-state index in [4.69, 9.17) is 18.9 Å². The van der Waals surface area contributed by atoms with E-state index in [2.05, 4.69) is 15.3 Å². The largest absolute Gasteiger partial charge is 0.489 e. The monoisotopic (exact) mass is 395 g/mol. The summed E-state index contributed by atoms with van der Waals surface area (Å²) >= 11 is 0. The van der Waals surface area contributed by atoms with Gasteiger partial charge in [-0.3, -0.25) is 14.9 Å². The van der Waals surface area contributed by atoms with Crippen LogP contribution in [0.15, 0.2) is 60.9 Å². The Bertz CT molecular complexity index is 977. The number of imidazole rings is 1. The molecule has 3 aromatic rings. The van der Waals surface area contributed by atoms with Crippen LogP contribution in [0.3, 0.4) is 0 Å². The van der Waals surface area contributed by atoms with Gasteiger partial charge in [0.05, 0.1) is 0 Å². The molecule has 1 aliphatic heterocycles. The van der Waals surface area contributed by atoms with Gasteiger partial charge in [0, 0.05) is 18.5 Å². The number of hydrogen-bond donors (Lipinski definition) is 2. The first-order valence-electron chi connectivity index (χ1n) is 8.76. The van der Waals surface area contributed by atoms with Gasteiger partial charge in [-0.15, -0.1) is 0 Å². The number of H-pyrrole nitrogens is 1. The molecule has 148 valence electrons. The van der Waals surface area contributed by atoms with Crippen LogP contribution in [0.2, 0.25) is 0 Å². The zero-order valence-electron chi connectivity index (χ0n) is 15.1. The van der Waals surface area contributed by atoms with Crippen LogP contribution in [0, 0.1) is 0 Å². The lowest BCUT2D eigenvalue weighted by molar-refractivity contribution is -0.171. The third kappa shape index (κ3) is 4.29. The molecule has 0 aliphatic carbocycles. The van der Waals surface area contributed by atoms with Crippen molar-refractivity contribution in [2.45, 2.75) is 19.0 Å². The Kier molecular flexibility index (Phi) is 5.28. The molecule has 2 aromatic carbocycles. The zero-order chi connectivity index (χ0) is 20.1. The second-order valence-corrected chi connectivity index (χ2v) is 6.07. The van der Waals surface area contributed by atoms with Gasteiger partial charge in [0.15, 0.2) is 11.5 Å². The third-order valence-corrected chi connectivity index (χ3v) is 4.10. The number of rotatable bonds is 7. The molecule has 9 heteroatoms. The number of nitrogens with one attached hydrogen (secondary N) is 2. The Morgan fingerprint density at radius 3 is 2.79 bits per heavy atom. The molecule has 0 spiro atoms. The van der Waals surface area contributed by atoms with Gasteiger partial charge in [0.25, 0.3) is 24.8 Å². The van der Waals surface area contributed by atoms with Gasteiger partial charge in [-0.2, -0.15) is 0 Å². The topological polar surface area (TPSA) is 112 Å². The Morgan fingerprint density at radius 2 is 2.03 bits per heavy atom. The maximum absolute atomic E-state index is 12.6. The number of carbonyl (C=O) groups is 2. The van der Waals surface area contributed by atoms with Crippen LogP contribution in [-0.4, -0.2) is 34.7 Å². The molecule has 1 amide bonds. The minimum atomic E-state index is -1.24. The van der Waals surface area contributed by atoms with Gasteiger partial charge >= 0.3 is 0 Å². The number of aromatic nitrogens is 2. The van der Waals surface area contributed by atoms with Crippen LogP contribution >= 0.6 is 0 Å². The van der Waals surface area contributed by atoms with E-state index < -0.39 is 18.3 Å². The molecule has 0 bridgehead atoms. The van der Waals surface area contributed by atoms with E-state index in [1.807, 2.05) is 30.3 Å². The first-order valence-corrected chi connectivity index (χ1v) is 8.76. The second kappa shape index (κ2) is 8.34. The van der Waals surface area contributed by atoms with Crippen LogP contribution < -0.4 is 19.5 Å². The molecule has 0 saturated carbocycles. The molecular formula is C20H17N3O6. The highest BCUT2D eigenvalue weighted by molar-refractivity contribution is 5.93. The number of carbonyl (C=O) groups excluding carboxylic acids is 2. The summed E-state index contributed by atoms with van der Waals surface area (Å²) in [4.78, 5) is 30.0. The minimum absolute atomic E-state index is 0.198. The van der Waals surface area contributed by atoms with E-state index in [1.54, 1.807) is 24.4 Å². The van der Waals surface area contributed by atoms with Crippen LogP contribution in [0.25, 0.3) is 0 Å². The molecule has 0 radical (unpaired) electrons. The van der Waals surface area contributed by atoms with Crippen LogP contribution in [-0.2, 0) is 20.9 Å². The van der Waals surface area contributed by atoms with Crippen molar-refractivity contribution in [2.75, 3.05) is 5.32 Å². The van der Waals surface area contributed by atoms with E-state index in [-0.39, 0.29) is 12.4 Å². The molecule has 2 N–H and O–H groups in total. The number of fused-ring (bicyclic) bond motifs is 1. The number of amides is 1. The fourth-order valence-corrected chi connectivity index (χ4v) is 2.74. The molecule has 4 rings (SSSR count). The van der Waals surface area contributed by atoms with Crippen LogP contribution in [0.1, 0.15) is 5.56 Å². The van der Waals surface area contributed by atoms with E-state index in [1.165, 1.54) is 6.20 Å². The van der Waals surface area contributed by atoms with Gasteiger partial charge < -0.3 is 23.9 Å². The van der Waals surface area contributed by atoms with E-state index in [9.17, 15) is 9.59 Å². The van der Waals surface area contributed by atoms with Gasteiger partial charge in [0.2, 0.25) is 5.95 Å². The zero-order valence-corrected chi connectivity index (χ0v) is 15.1. The predicted molar refractivity (Wildman–Crippen MR) is 100 cm³/mol. The van der Waals surface area contributed by atoms with Crippen molar-refractivity contribution >= 4 is 18.3 Å².